The Balaban J connectivity index is 1.39. The quantitative estimate of drug-likeness (QED) is 0.742. The summed E-state index contributed by atoms with van der Waals surface area (Å²) in [5.74, 6) is -0.0657. The van der Waals surface area contributed by atoms with Crippen molar-refractivity contribution in [2.45, 2.75) is 44.6 Å². The van der Waals surface area contributed by atoms with Gasteiger partial charge in [0.05, 0.1) is 0 Å². The van der Waals surface area contributed by atoms with E-state index in [0.29, 0.717) is 24.6 Å². The predicted octanol–water partition coefficient (Wildman–Crippen LogP) is 3.68. The largest absolute Gasteiger partial charge is 0.352 e. The molecule has 1 saturated carbocycles. The topological polar surface area (TPSA) is 52.6 Å². The van der Waals surface area contributed by atoms with Crippen LogP contribution in [0, 0.1) is 0 Å². The number of hydrogen-bond donors (Lipinski definition) is 1. The third-order valence-corrected chi connectivity index (χ3v) is 6.05. The molecule has 0 aromatic heterocycles. The highest BCUT2D eigenvalue weighted by Crippen LogP contribution is 2.21. The fraction of sp³-hybridized carbons (Fsp3) is 0.500. The third-order valence-electron chi connectivity index (χ3n) is 6.05. The molecule has 0 atom stereocenters. The van der Waals surface area contributed by atoms with Crippen molar-refractivity contribution in [3.63, 3.8) is 0 Å². The molecule has 0 heterocycles. The molecule has 5 nitrogen and oxygen atoms in total. The van der Waals surface area contributed by atoms with Gasteiger partial charge in [-0.15, -0.1) is 0 Å². The molecule has 2 aromatic rings. The van der Waals surface area contributed by atoms with Gasteiger partial charge in [-0.2, -0.15) is 0 Å². The third kappa shape index (κ3) is 6.04. The van der Waals surface area contributed by atoms with E-state index in [1.807, 2.05) is 49.5 Å². The summed E-state index contributed by atoms with van der Waals surface area (Å²) in [4.78, 5) is 28.9. The van der Waals surface area contributed by atoms with Gasteiger partial charge < -0.3 is 15.1 Å². The zero-order valence-electron chi connectivity index (χ0n) is 17.7. The highest BCUT2D eigenvalue weighted by Gasteiger charge is 2.18. The minimum Gasteiger partial charge on any atom is -0.352 e. The number of carbonyl (C=O) groups excluding carboxylic acids is 2. The fourth-order valence-corrected chi connectivity index (χ4v) is 4.04. The van der Waals surface area contributed by atoms with E-state index in [9.17, 15) is 9.59 Å². The van der Waals surface area contributed by atoms with Crippen molar-refractivity contribution < 1.29 is 9.59 Å². The average Bonchev–Trinajstić information content (AvgIpc) is 2.77. The van der Waals surface area contributed by atoms with Crippen LogP contribution in [-0.2, 0) is 4.79 Å². The molecule has 0 unspecified atom stereocenters. The van der Waals surface area contributed by atoms with Gasteiger partial charge in [0.25, 0.3) is 5.91 Å². The molecule has 3 rings (SSSR count). The maximum Gasteiger partial charge on any atom is 0.251 e. The lowest BCUT2D eigenvalue weighted by molar-refractivity contribution is -0.130. The Labute approximate surface area is 174 Å². The minimum atomic E-state index is -0.136. The van der Waals surface area contributed by atoms with E-state index in [2.05, 4.69) is 17.3 Å². The Morgan fingerprint density at radius 3 is 2.45 bits per heavy atom. The van der Waals surface area contributed by atoms with E-state index in [1.54, 1.807) is 4.90 Å². The molecule has 5 heteroatoms. The zero-order valence-corrected chi connectivity index (χ0v) is 17.7. The molecule has 1 aliphatic carbocycles. The van der Waals surface area contributed by atoms with Crippen molar-refractivity contribution in [3.05, 3.63) is 48.0 Å². The summed E-state index contributed by atoms with van der Waals surface area (Å²) in [6, 6.07) is 14.3. The first-order valence-electron chi connectivity index (χ1n) is 10.8. The van der Waals surface area contributed by atoms with Crippen LogP contribution in [-0.4, -0.2) is 61.4 Å². The van der Waals surface area contributed by atoms with Crippen molar-refractivity contribution in [2.24, 2.45) is 0 Å². The van der Waals surface area contributed by atoms with E-state index >= 15 is 0 Å². The second kappa shape index (κ2) is 10.4. The van der Waals surface area contributed by atoms with Crippen LogP contribution in [0.3, 0.4) is 0 Å². The van der Waals surface area contributed by atoms with Crippen LogP contribution in [0.2, 0.25) is 0 Å². The van der Waals surface area contributed by atoms with Crippen molar-refractivity contribution in [1.82, 2.24) is 15.1 Å². The highest BCUT2D eigenvalue weighted by molar-refractivity contribution is 5.98. The maximum absolute atomic E-state index is 12.4. The van der Waals surface area contributed by atoms with Gasteiger partial charge in [0.1, 0.15) is 0 Å². The number of amides is 2. The van der Waals surface area contributed by atoms with Crippen molar-refractivity contribution in [1.29, 1.82) is 0 Å². The second-order valence-electron chi connectivity index (χ2n) is 8.16. The lowest BCUT2D eigenvalue weighted by Crippen LogP contribution is -2.40. The van der Waals surface area contributed by atoms with Gasteiger partial charge in [0, 0.05) is 44.7 Å². The van der Waals surface area contributed by atoms with Gasteiger partial charge in [0.15, 0.2) is 0 Å². The van der Waals surface area contributed by atoms with Crippen molar-refractivity contribution in [2.75, 3.05) is 33.7 Å². The number of nitrogens with one attached hydrogen (secondary N) is 1. The second-order valence-corrected chi connectivity index (χ2v) is 8.16. The number of benzene rings is 2. The lowest BCUT2D eigenvalue weighted by atomic mass is 9.94. The Kier molecular flexibility index (Phi) is 7.64. The van der Waals surface area contributed by atoms with E-state index in [4.69, 9.17) is 0 Å². The first kappa shape index (κ1) is 21.3. The summed E-state index contributed by atoms with van der Waals surface area (Å²) >= 11 is 0. The summed E-state index contributed by atoms with van der Waals surface area (Å²) in [5, 5.41) is 5.02. The molecule has 1 fully saturated rings. The Morgan fingerprint density at radius 2 is 1.69 bits per heavy atom. The summed E-state index contributed by atoms with van der Waals surface area (Å²) in [6.45, 7) is 1.98. The molecule has 1 aliphatic rings. The van der Waals surface area contributed by atoms with Crippen LogP contribution in [0.4, 0.5) is 0 Å². The number of likely N-dealkylation sites (N-methyl/N-ethyl adjacent to an activating group) is 2. The molecule has 0 spiro atoms. The van der Waals surface area contributed by atoms with Crippen LogP contribution in [0.5, 0.6) is 0 Å². The van der Waals surface area contributed by atoms with E-state index < -0.39 is 0 Å². The first-order chi connectivity index (χ1) is 14.0. The number of nitrogens with zero attached hydrogens (tertiary/aromatic N) is 2. The molecule has 2 amide bonds. The average molecular weight is 396 g/mol. The Bertz CT molecular complexity index is 830. The van der Waals surface area contributed by atoms with Crippen LogP contribution in [0.15, 0.2) is 42.5 Å². The Hall–Kier alpha value is -2.40. The SMILES string of the molecule is CN(CCN(C)C1CCCCC1)C(=O)CCNC(=O)c1ccc2ccccc2c1. The minimum absolute atomic E-state index is 0.0702. The van der Waals surface area contributed by atoms with Crippen LogP contribution < -0.4 is 5.32 Å². The van der Waals surface area contributed by atoms with Crippen molar-refractivity contribution >= 4 is 22.6 Å². The monoisotopic (exact) mass is 395 g/mol. The summed E-state index contributed by atoms with van der Waals surface area (Å²) < 4.78 is 0. The molecule has 156 valence electrons. The van der Waals surface area contributed by atoms with Gasteiger partial charge in [0.2, 0.25) is 5.91 Å². The normalized spacial score (nSPS) is 14.9. The number of hydrogen-bond acceptors (Lipinski definition) is 3. The van der Waals surface area contributed by atoms with E-state index in [0.717, 1.165) is 23.9 Å². The van der Waals surface area contributed by atoms with Gasteiger partial charge >= 0.3 is 0 Å². The maximum atomic E-state index is 12.4. The molecule has 0 bridgehead atoms. The van der Waals surface area contributed by atoms with Crippen LogP contribution in [0.1, 0.15) is 48.9 Å². The smallest absolute Gasteiger partial charge is 0.251 e. The van der Waals surface area contributed by atoms with Gasteiger partial charge in [-0.05, 0) is 42.8 Å². The molecule has 29 heavy (non-hydrogen) atoms. The fourth-order valence-electron chi connectivity index (χ4n) is 4.04. The standard InChI is InChI=1S/C24H33N3O2/c1-26(22-10-4-3-5-11-22)16-17-27(2)23(28)14-15-25-24(29)21-13-12-19-8-6-7-9-20(19)18-21/h6-9,12-13,18,22H,3-5,10-11,14-17H2,1-2H3,(H,25,29). The first-order valence-corrected chi connectivity index (χ1v) is 10.8. The molecule has 0 saturated heterocycles. The Morgan fingerprint density at radius 1 is 0.966 bits per heavy atom. The molecule has 2 aromatic carbocycles. The summed E-state index contributed by atoms with van der Waals surface area (Å²) in [7, 11) is 4.01. The lowest BCUT2D eigenvalue weighted by Gasteiger charge is -2.32. The molecular weight excluding hydrogens is 362 g/mol. The molecule has 1 N–H and O–H groups in total. The molecule has 0 radical (unpaired) electrons. The van der Waals surface area contributed by atoms with Gasteiger partial charge in [-0.1, -0.05) is 49.6 Å². The molecular formula is C24H33N3O2. The zero-order chi connectivity index (χ0) is 20.6. The highest BCUT2D eigenvalue weighted by atomic mass is 16.2. The predicted molar refractivity (Wildman–Crippen MR) is 118 cm³/mol. The van der Waals surface area contributed by atoms with Crippen LogP contribution >= 0.6 is 0 Å². The van der Waals surface area contributed by atoms with Crippen molar-refractivity contribution in [3.8, 4) is 0 Å². The number of carbonyl (C=O) groups is 2. The summed E-state index contributed by atoms with van der Waals surface area (Å²) in [6.07, 6.45) is 6.86. The number of rotatable bonds is 8. The summed E-state index contributed by atoms with van der Waals surface area (Å²) in [5.41, 5.74) is 0.624. The van der Waals surface area contributed by atoms with Crippen LogP contribution in [0.25, 0.3) is 10.8 Å². The molecule has 0 aliphatic heterocycles. The van der Waals surface area contributed by atoms with Gasteiger partial charge in [-0.25, -0.2) is 0 Å². The number of fused-ring (bicyclic) bond motifs is 1. The van der Waals surface area contributed by atoms with Gasteiger partial charge in [-0.3, -0.25) is 9.59 Å². The van der Waals surface area contributed by atoms with E-state index in [1.165, 1.54) is 32.1 Å². The van der Waals surface area contributed by atoms with E-state index in [-0.39, 0.29) is 11.8 Å².